The van der Waals surface area contributed by atoms with Gasteiger partial charge in [-0.2, -0.15) is 0 Å². The maximum absolute atomic E-state index is 11.8. The van der Waals surface area contributed by atoms with Crippen molar-refractivity contribution in [1.29, 1.82) is 0 Å². The molecule has 134 valence electrons. The van der Waals surface area contributed by atoms with Crippen molar-refractivity contribution < 1.29 is 19.1 Å². The van der Waals surface area contributed by atoms with Crippen molar-refractivity contribution in [2.24, 2.45) is 5.92 Å². The number of unbranched alkanes of at least 4 members (excludes halogenated alkanes) is 1. The Balaban J connectivity index is 2.12. The second kappa shape index (κ2) is 11.1. The van der Waals surface area contributed by atoms with E-state index in [9.17, 15) is 9.59 Å². The third kappa shape index (κ3) is 8.92. The number of halogens is 1. The summed E-state index contributed by atoms with van der Waals surface area (Å²) in [6.45, 7) is 6.62. The molecule has 0 aliphatic heterocycles. The Kier molecular flexibility index (Phi) is 9.46. The first-order valence-corrected chi connectivity index (χ1v) is 8.88. The molecule has 1 aromatic rings. The van der Waals surface area contributed by atoms with Gasteiger partial charge in [0.2, 0.25) is 0 Å². The molecule has 0 saturated carbocycles. The van der Waals surface area contributed by atoms with E-state index in [0.717, 1.165) is 18.4 Å². The number of benzene rings is 1. The first-order valence-electron chi connectivity index (χ1n) is 8.51. The van der Waals surface area contributed by atoms with Gasteiger partial charge in [0.1, 0.15) is 5.75 Å². The summed E-state index contributed by atoms with van der Waals surface area (Å²) in [6, 6.07) is 5.10. The maximum Gasteiger partial charge on any atom is 0.311 e. The zero-order valence-corrected chi connectivity index (χ0v) is 15.5. The van der Waals surface area contributed by atoms with Crippen LogP contribution in [0.15, 0.2) is 18.2 Å². The van der Waals surface area contributed by atoms with Gasteiger partial charge in [-0.05, 0) is 62.3 Å². The van der Waals surface area contributed by atoms with Gasteiger partial charge in [-0.25, -0.2) is 0 Å². The second-order valence-electron chi connectivity index (χ2n) is 6.35. The monoisotopic (exact) mass is 354 g/mol. The normalized spacial score (nSPS) is 10.7. The van der Waals surface area contributed by atoms with E-state index < -0.39 is 0 Å². The summed E-state index contributed by atoms with van der Waals surface area (Å²) in [5.41, 5.74) is 0.863. The highest BCUT2D eigenvalue weighted by molar-refractivity contribution is 6.31. The zero-order valence-electron chi connectivity index (χ0n) is 14.8. The largest absolute Gasteiger partial charge is 0.466 e. The van der Waals surface area contributed by atoms with Crippen LogP contribution in [-0.4, -0.2) is 18.5 Å². The van der Waals surface area contributed by atoms with E-state index in [1.807, 2.05) is 6.92 Å². The second-order valence-corrected chi connectivity index (χ2v) is 6.76. The van der Waals surface area contributed by atoms with Gasteiger partial charge in [-0.15, -0.1) is 0 Å². The molecular weight excluding hydrogens is 328 g/mol. The van der Waals surface area contributed by atoms with E-state index in [-0.39, 0.29) is 18.4 Å². The van der Waals surface area contributed by atoms with Crippen LogP contribution in [0.1, 0.15) is 57.9 Å². The Bertz CT molecular complexity index is 540. The van der Waals surface area contributed by atoms with E-state index in [2.05, 4.69) is 13.8 Å². The molecule has 0 aromatic heterocycles. The highest BCUT2D eigenvalue weighted by Gasteiger charge is 2.08. The highest BCUT2D eigenvalue weighted by Crippen LogP contribution is 2.21. The van der Waals surface area contributed by atoms with Crippen LogP contribution < -0.4 is 4.74 Å². The van der Waals surface area contributed by atoms with Crippen molar-refractivity contribution in [3.8, 4) is 5.75 Å². The highest BCUT2D eigenvalue weighted by atomic mass is 35.5. The van der Waals surface area contributed by atoms with E-state index >= 15 is 0 Å². The average molecular weight is 355 g/mol. The summed E-state index contributed by atoms with van der Waals surface area (Å²) in [4.78, 5) is 23.3. The third-order valence-electron chi connectivity index (χ3n) is 3.56. The van der Waals surface area contributed by atoms with Crippen LogP contribution in [0.25, 0.3) is 0 Å². The molecule has 0 atom stereocenters. The fourth-order valence-electron chi connectivity index (χ4n) is 2.15. The molecule has 0 saturated heterocycles. The van der Waals surface area contributed by atoms with Gasteiger partial charge in [0, 0.05) is 17.9 Å². The van der Waals surface area contributed by atoms with Gasteiger partial charge in [0.25, 0.3) is 0 Å². The number of esters is 2. The average Bonchev–Trinajstić information content (AvgIpc) is 2.51. The summed E-state index contributed by atoms with van der Waals surface area (Å²) in [5, 5.41) is 0.640. The van der Waals surface area contributed by atoms with Gasteiger partial charge < -0.3 is 9.47 Å². The summed E-state index contributed by atoms with van der Waals surface area (Å²) in [7, 11) is 0. The lowest BCUT2D eigenvalue weighted by Gasteiger charge is -2.07. The van der Waals surface area contributed by atoms with Gasteiger partial charge in [0.05, 0.1) is 6.61 Å². The topological polar surface area (TPSA) is 52.6 Å². The molecule has 1 aromatic carbocycles. The number of hydrogen-bond acceptors (Lipinski definition) is 4. The first kappa shape index (κ1) is 20.5. The third-order valence-corrected chi connectivity index (χ3v) is 3.99. The molecule has 0 radical (unpaired) electrons. The van der Waals surface area contributed by atoms with Gasteiger partial charge in [-0.1, -0.05) is 25.4 Å². The fraction of sp³-hybridized carbons (Fsp3) is 0.579. The number of aryl methyl sites for hydroxylation is 1. The molecule has 0 aliphatic carbocycles. The molecule has 0 heterocycles. The maximum atomic E-state index is 11.8. The van der Waals surface area contributed by atoms with E-state index in [1.54, 1.807) is 18.2 Å². The van der Waals surface area contributed by atoms with Crippen LogP contribution in [0.2, 0.25) is 5.02 Å². The van der Waals surface area contributed by atoms with Gasteiger partial charge in [-0.3, -0.25) is 9.59 Å². The van der Waals surface area contributed by atoms with E-state index in [0.29, 0.717) is 42.6 Å². The Hall–Kier alpha value is -1.55. The van der Waals surface area contributed by atoms with Crippen molar-refractivity contribution >= 4 is 23.5 Å². The zero-order chi connectivity index (χ0) is 17.9. The van der Waals surface area contributed by atoms with E-state index in [4.69, 9.17) is 21.1 Å². The SMILES string of the molecule is Cc1cc(OC(=O)CCCCC(=O)OCCCC(C)C)ccc1Cl. The summed E-state index contributed by atoms with van der Waals surface area (Å²) >= 11 is 5.93. The van der Waals surface area contributed by atoms with Crippen LogP contribution >= 0.6 is 11.6 Å². The Morgan fingerprint density at radius 2 is 1.75 bits per heavy atom. The first-order chi connectivity index (χ1) is 11.4. The molecule has 0 amide bonds. The lowest BCUT2D eigenvalue weighted by molar-refractivity contribution is -0.144. The molecule has 0 N–H and O–H groups in total. The lowest BCUT2D eigenvalue weighted by Crippen LogP contribution is -2.09. The quantitative estimate of drug-likeness (QED) is 0.333. The van der Waals surface area contributed by atoms with Crippen LogP contribution in [0, 0.1) is 12.8 Å². The standard InChI is InChI=1S/C19H27ClO4/c1-14(2)7-6-12-23-18(21)8-4-5-9-19(22)24-16-10-11-17(20)15(3)13-16/h10-11,13-14H,4-9,12H2,1-3H3. The number of carbonyl (C=O) groups is 2. The Labute approximate surface area is 149 Å². The molecule has 0 spiro atoms. The lowest BCUT2D eigenvalue weighted by atomic mass is 10.1. The fourth-order valence-corrected chi connectivity index (χ4v) is 2.27. The summed E-state index contributed by atoms with van der Waals surface area (Å²) in [5.74, 6) is 0.619. The Morgan fingerprint density at radius 1 is 1.08 bits per heavy atom. The van der Waals surface area contributed by atoms with Crippen molar-refractivity contribution in [3.05, 3.63) is 28.8 Å². The Morgan fingerprint density at radius 3 is 2.38 bits per heavy atom. The summed E-state index contributed by atoms with van der Waals surface area (Å²) in [6.07, 6.45) is 3.81. The van der Waals surface area contributed by atoms with Crippen LogP contribution in [0.3, 0.4) is 0 Å². The molecular formula is C19H27ClO4. The van der Waals surface area contributed by atoms with Crippen LogP contribution in [0.4, 0.5) is 0 Å². The summed E-state index contributed by atoms with van der Waals surface area (Å²) < 4.78 is 10.4. The van der Waals surface area contributed by atoms with Gasteiger partial charge >= 0.3 is 11.9 Å². The molecule has 0 aliphatic rings. The smallest absolute Gasteiger partial charge is 0.311 e. The van der Waals surface area contributed by atoms with Crippen molar-refractivity contribution in [1.82, 2.24) is 0 Å². The minimum Gasteiger partial charge on any atom is -0.466 e. The van der Waals surface area contributed by atoms with Crippen LogP contribution in [-0.2, 0) is 14.3 Å². The molecule has 1 rings (SSSR count). The number of carbonyl (C=O) groups excluding carboxylic acids is 2. The minimum atomic E-state index is -0.304. The number of ether oxygens (including phenoxy) is 2. The minimum absolute atomic E-state index is 0.194. The number of rotatable bonds is 10. The predicted octanol–water partition coefficient (Wildman–Crippen LogP) is 5.09. The molecule has 0 fully saturated rings. The molecule has 24 heavy (non-hydrogen) atoms. The van der Waals surface area contributed by atoms with Gasteiger partial charge in [0.15, 0.2) is 0 Å². The molecule has 0 unspecified atom stereocenters. The van der Waals surface area contributed by atoms with Crippen molar-refractivity contribution in [2.75, 3.05) is 6.61 Å². The van der Waals surface area contributed by atoms with Crippen molar-refractivity contribution in [3.63, 3.8) is 0 Å². The van der Waals surface area contributed by atoms with E-state index in [1.165, 1.54) is 0 Å². The van der Waals surface area contributed by atoms with Crippen LogP contribution in [0.5, 0.6) is 5.75 Å². The molecule has 5 heteroatoms. The molecule has 4 nitrogen and oxygen atoms in total. The number of hydrogen-bond donors (Lipinski definition) is 0. The predicted molar refractivity (Wildman–Crippen MR) is 95.3 cm³/mol. The molecule has 0 bridgehead atoms. The van der Waals surface area contributed by atoms with Crippen molar-refractivity contribution in [2.45, 2.75) is 59.3 Å².